The van der Waals surface area contributed by atoms with Crippen molar-refractivity contribution < 1.29 is 14.0 Å². The second-order valence-electron chi connectivity index (χ2n) is 7.19. The monoisotopic (exact) mass is 392 g/mol. The largest absolute Gasteiger partial charge is 0.345 e. The summed E-state index contributed by atoms with van der Waals surface area (Å²) in [4.78, 5) is 26.9. The molecule has 0 aliphatic heterocycles. The number of anilines is 1. The number of halogens is 1. The van der Waals surface area contributed by atoms with E-state index in [0.29, 0.717) is 23.4 Å². The Morgan fingerprint density at radius 2 is 1.79 bits per heavy atom. The Kier molecular flexibility index (Phi) is 4.88. The minimum absolute atomic E-state index is 0.206. The number of para-hydroxylation sites is 2. The molecule has 0 saturated heterocycles. The van der Waals surface area contributed by atoms with Gasteiger partial charge in [0.15, 0.2) is 5.69 Å². The molecular formula is C22H21FN4O2. The number of nitrogens with zero attached hydrogens (tertiary/aromatic N) is 3. The molecule has 7 heteroatoms. The van der Waals surface area contributed by atoms with Gasteiger partial charge >= 0.3 is 0 Å². The highest BCUT2D eigenvalue weighted by molar-refractivity contribution is 6.08. The maximum absolute atomic E-state index is 14.3. The predicted octanol–water partition coefficient (Wildman–Crippen LogP) is 3.45. The first-order chi connectivity index (χ1) is 14.0. The van der Waals surface area contributed by atoms with Gasteiger partial charge in [0.2, 0.25) is 0 Å². The minimum Gasteiger partial charge on any atom is -0.345 e. The van der Waals surface area contributed by atoms with Gasteiger partial charge in [-0.3, -0.25) is 9.59 Å². The van der Waals surface area contributed by atoms with Gasteiger partial charge < -0.3 is 10.2 Å². The van der Waals surface area contributed by atoms with Crippen LogP contribution in [0.5, 0.6) is 0 Å². The van der Waals surface area contributed by atoms with Gasteiger partial charge in [0, 0.05) is 25.4 Å². The molecule has 1 heterocycles. The molecule has 0 bridgehead atoms. The number of amides is 2. The predicted molar refractivity (Wildman–Crippen MR) is 108 cm³/mol. The highest BCUT2D eigenvalue weighted by atomic mass is 19.1. The van der Waals surface area contributed by atoms with Crippen LogP contribution in [0.15, 0.2) is 48.5 Å². The molecule has 1 aliphatic rings. The zero-order valence-corrected chi connectivity index (χ0v) is 16.3. The van der Waals surface area contributed by atoms with Crippen LogP contribution in [-0.4, -0.2) is 40.6 Å². The Labute approximate surface area is 167 Å². The lowest BCUT2D eigenvalue weighted by molar-refractivity contribution is 0.0828. The van der Waals surface area contributed by atoms with Crippen LogP contribution in [-0.2, 0) is 12.8 Å². The first-order valence-corrected chi connectivity index (χ1v) is 9.45. The smallest absolute Gasteiger partial charge is 0.276 e. The maximum atomic E-state index is 14.3. The van der Waals surface area contributed by atoms with Crippen molar-refractivity contribution in [3.05, 3.63) is 76.9 Å². The molecule has 1 N–H and O–H groups in total. The summed E-state index contributed by atoms with van der Waals surface area (Å²) in [5.41, 5.74) is 3.11. The molecule has 0 atom stereocenters. The second-order valence-corrected chi connectivity index (χ2v) is 7.19. The molecule has 29 heavy (non-hydrogen) atoms. The van der Waals surface area contributed by atoms with E-state index < -0.39 is 11.7 Å². The summed E-state index contributed by atoms with van der Waals surface area (Å²) in [5.74, 6) is -1.00. The molecular weight excluding hydrogens is 371 g/mol. The summed E-state index contributed by atoms with van der Waals surface area (Å²) in [6.07, 6.45) is 2.34. The molecule has 6 nitrogen and oxygen atoms in total. The van der Waals surface area contributed by atoms with Crippen LogP contribution in [0, 0.1) is 5.82 Å². The lowest BCUT2D eigenvalue weighted by Crippen LogP contribution is -2.24. The lowest BCUT2D eigenvalue weighted by Gasteiger charge is -2.14. The van der Waals surface area contributed by atoms with Crippen molar-refractivity contribution in [3.8, 4) is 5.69 Å². The molecule has 148 valence electrons. The van der Waals surface area contributed by atoms with Crippen molar-refractivity contribution in [1.82, 2.24) is 14.7 Å². The molecule has 1 aromatic heterocycles. The van der Waals surface area contributed by atoms with Crippen molar-refractivity contribution in [3.63, 3.8) is 0 Å². The number of carbonyl (C=O) groups excluding carboxylic acids is 2. The van der Waals surface area contributed by atoms with E-state index in [9.17, 15) is 14.0 Å². The number of benzene rings is 2. The van der Waals surface area contributed by atoms with E-state index >= 15 is 0 Å². The quantitative estimate of drug-likeness (QED) is 0.740. The van der Waals surface area contributed by atoms with E-state index in [-0.39, 0.29) is 11.6 Å². The molecule has 0 spiro atoms. The highest BCUT2D eigenvalue weighted by Crippen LogP contribution is 2.29. The summed E-state index contributed by atoms with van der Waals surface area (Å²) in [6.45, 7) is 0. The third kappa shape index (κ3) is 3.40. The van der Waals surface area contributed by atoms with Crippen molar-refractivity contribution in [2.45, 2.75) is 19.3 Å². The number of nitrogens with one attached hydrogen (secondary N) is 1. The molecule has 3 aromatic rings. The zero-order valence-electron chi connectivity index (χ0n) is 16.3. The standard InChI is InChI=1S/C22H21FN4O2/c1-26(2)22(29)14-8-3-5-11-17(14)24-21(28)20-15-9-7-13-18(15)27(25-20)19-12-6-4-10-16(19)23/h3-6,8,10-12H,7,9,13H2,1-2H3,(H,24,28). The van der Waals surface area contributed by atoms with Crippen LogP contribution in [0.25, 0.3) is 5.69 Å². The van der Waals surface area contributed by atoms with E-state index in [0.717, 1.165) is 24.1 Å². The van der Waals surface area contributed by atoms with Crippen LogP contribution in [0.1, 0.15) is 38.5 Å². The Bertz CT molecular complexity index is 1100. The normalized spacial score (nSPS) is 12.5. The maximum Gasteiger partial charge on any atom is 0.276 e. The Balaban J connectivity index is 1.71. The summed E-state index contributed by atoms with van der Waals surface area (Å²) < 4.78 is 15.8. The first-order valence-electron chi connectivity index (χ1n) is 9.45. The van der Waals surface area contributed by atoms with Gasteiger partial charge in [-0.25, -0.2) is 9.07 Å². The molecule has 2 amide bonds. The van der Waals surface area contributed by atoms with Gasteiger partial charge in [-0.15, -0.1) is 0 Å². The van der Waals surface area contributed by atoms with E-state index in [1.165, 1.54) is 15.6 Å². The number of hydrogen-bond donors (Lipinski definition) is 1. The van der Waals surface area contributed by atoms with Crippen LogP contribution < -0.4 is 5.32 Å². The molecule has 4 rings (SSSR count). The fraction of sp³-hybridized carbons (Fsp3) is 0.227. The topological polar surface area (TPSA) is 67.2 Å². The highest BCUT2D eigenvalue weighted by Gasteiger charge is 2.28. The van der Waals surface area contributed by atoms with Crippen LogP contribution in [0.4, 0.5) is 10.1 Å². The summed E-state index contributed by atoms with van der Waals surface area (Å²) in [7, 11) is 3.31. The minimum atomic E-state index is -0.405. The Hall–Kier alpha value is -3.48. The third-order valence-corrected chi connectivity index (χ3v) is 5.04. The van der Waals surface area contributed by atoms with Crippen molar-refractivity contribution in [2.75, 3.05) is 19.4 Å². The van der Waals surface area contributed by atoms with Crippen LogP contribution in [0.3, 0.4) is 0 Å². The van der Waals surface area contributed by atoms with Crippen LogP contribution in [0.2, 0.25) is 0 Å². The zero-order chi connectivity index (χ0) is 20.5. The van der Waals surface area contributed by atoms with Crippen molar-refractivity contribution in [1.29, 1.82) is 0 Å². The van der Waals surface area contributed by atoms with E-state index in [4.69, 9.17) is 0 Å². The van der Waals surface area contributed by atoms with Crippen molar-refractivity contribution >= 4 is 17.5 Å². The van der Waals surface area contributed by atoms with Gasteiger partial charge in [-0.2, -0.15) is 5.10 Å². The summed E-state index contributed by atoms with van der Waals surface area (Å²) >= 11 is 0. The van der Waals surface area contributed by atoms with Crippen LogP contribution >= 0.6 is 0 Å². The number of hydrogen-bond acceptors (Lipinski definition) is 3. The number of carbonyl (C=O) groups is 2. The molecule has 0 radical (unpaired) electrons. The first kappa shape index (κ1) is 18.9. The fourth-order valence-electron chi connectivity index (χ4n) is 3.64. The Morgan fingerprint density at radius 3 is 2.55 bits per heavy atom. The average molecular weight is 392 g/mol. The number of rotatable bonds is 4. The van der Waals surface area contributed by atoms with E-state index in [1.54, 1.807) is 56.6 Å². The average Bonchev–Trinajstić information content (AvgIpc) is 3.31. The molecule has 0 unspecified atom stereocenters. The number of fused-ring (bicyclic) bond motifs is 1. The Morgan fingerprint density at radius 1 is 1.07 bits per heavy atom. The molecule has 2 aromatic carbocycles. The van der Waals surface area contributed by atoms with E-state index in [1.807, 2.05) is 0 Å². The van der Waals surface area contributed by atoms with Gasteiger partial charge in [0.05, 0.1) is 11.3 Å². The molecule has 0 saturated carbocycles. The van der Waals surface area contributed by atoms with Gasteiger partial charge in [-0.05, 0) is 43.5 Å². The third-order valence-electron chi connectivity index (χ3n) is 5.04. The SMILES string of the molecule is CN(C)C(=O)c1ccccc1NC(=O)c1nn(-c2ccccc2F)c2c1CCC2. The van der Waals surface area contributed by atoms with Gasteiger partial charge in [-0.1, -0.05) is 24.3 Å². The molecule has 1 aliphatic carbocycles. The van der Waals surface area contributed by atoms with Crippen molar-refractivity contribution in [2.24, 2.45) is 0 Å². The summed E-state index contributed by atoms with van der Waals surface area (Å²) in [5, 5.41) is 7.25. The number of aromatic nitrogens is 2. The van der Waals surface area contributed by atoms with E-state index in [2.05, 4.69) is 10.4 Å². The summed E-state index contributed by atoms with van der Waals surface area (Å²) in [6, 6.07) is 13.2. The van der Waals surface area contributed by atoms with Gasteiger partial charge in [0.25, 0.3) is 11.8 Å². The van der Waals surface area contributed by atoms with Gasteiger partial charge in [0.1, 0.15) is 11.5 Å². The molecule has 0 fully saturated rings. The second kappa shape index (κ2) is 7.50. The lowest BCUT2D eigenvalue weighted by atomic mass is 10.1. The fourth-order valence-corrected chi connectivity index (χ4v) is 3.64.